The van der Waals surface area contributed by atoms with Crippen LogP contribution in [0, 0.1) is 0 Å². The molecule has 0 amide bonds. The van der Waals surface area contributed by atoms with Crippen LogP contribution in [0.5, 0.6) is 0 Å². The maximum atomic E-state index is 5.20. The second-order valence-corrected chi connectivity index (χ2v) is 4.57. The largest absolute Gasteiger partial charge is 0.338 e. The minimum atomic E-state index is 0.342. The SMILES string of the molecule is CNCc1nc(C2CCCN2C(C)C)no1. The molecule has 0 radical (unpaired) electrons. The first-order valence-electron chi connectivity index (χ1n) is 5.95. The topological polar surface area (TPSA) is 54.2 Å². The molecule has 5 nitrogen and oxygen atoms in total. The first-order chi connectivity index (χ1) is 7.72. The molecule has 2 heterocycles. The van der Waals surface area contributed by atoms with Crippen molar-refractivity contribution in [2.45, 2.75) is 45.3 Å². The van der Waals surface area contributed by atoms with Crippen molar-refractivity contribution in [2.24, 2.45) is 0 Å². The first kappa shape index (κ1) is 11.5. The summed E-state index contributed by atoms with van der Waals surface area (Å²) in [5.41, 5.74) is 0. The van der Waals surface area contributed by atoms with Gasteiger partial charge in [-0.05, 0) is 40.3 Å². The summed E-state index contributed by atoms with van der Waals surface area (Å²) in [4.78, 5) is 6.87. The van der Waals surface area contributed by atoms with Crippen LogP contribution in [-0.4, -0.2) is 34.7 Å². The van der Waals surface area contributed by atoms with Gasteiger partial charge in [-0.25, -0.2) is 0 Å². The molecule has 0 spiro atoms. The monoisotopic (exact) mass is 224 g/mol. The van der Waals surface area contributed by atoms with Crippen LogP contribution in [-0.2, 0) is 6.54 Å². The van der Waals surface area contributed by atoms with Crippen LogP contribution >= 0.6 is 0 Å². The molecule has 0 aromatic carbocycles. The van der Waals surface area contributed by atoms with Gasteiger partial charge in [0.2, 0.25) is 5.89 Å². The molecule has 1 N–H and O–H groups in total. The van der Waals surface area contributed by atoms with Crippen LogP contribution in [0.1, 0.15) is 44.4 Å². The maximum Gasteiger partial charge on any atom is 0.240 e. The van der Waals surface area contributed by atoms with Crippen molar-refractivity contribution in [3.8, 4) is 0 Å². The summed E-state index contributed by atoms with van der Waals surface area (Å²) in [5, 5.41) is 7.09. The van der Waals surface area contributed by atoms with Crippen LogP contribution in [0.4, 0.5) is 0 Å². The molecule has 1 aliphatic heterocycles. The lowest BCUT2D eigenvalue weighted by Crippen LogP contribution is -2.30. The molecule has 2 rings (SSSR count). The van der Waals surface area contributed by atoms with Gasteiger partial charge in [0.15, 0.2) is 5.82 Å². The highest BCUT2D eigenvalue weighted by Crippen LogP contribution is 2.31. The van der Waals surface area contributed by atoms with E-state index < -0.39 is 0 Å². The Labute approximate surface area is 96.2 Å². The molecular weight excluding hydrogens is 204 g/mol. The van der Waals surface area contributed by atoms with Gasteiger partial charge in [0.05, 0.1) is 12.6 Å². The summed E-state index contributed by atoms with van der Waals surface area (Å²) < 4.78 is 5.20. The summed E-state index contributed by atoms with van der Waals surface area (Å²) in [5.74, 6) is 1.52. The Balaban J connectivity index is 2.10. The van der Waals surface area contributed by atoms with Gasteiger partial charge in [-0.15, -0.1) is 0 Å². The zero-order valence-electron chi connectivity index (χ0n) is 10.2. The molecule has 90 valence electrons. The fourth-order valence-electron chi connectivity index (χ4n) is 2.31. The summed E-state index contributed by atoms with van der Waals surface area (Å²) in [6, 6.07) is 0.883. The average Bonchev–Trinajstić information content (AvgIpc) is 2.83. The molecule has 0 saturated carbocycles. The molecule has 1 fully saturated rings. The molecule has 0 aliphatic carbocycles. The number of aromatic nitrogens is 2. The minimum absolute atomic E-state index is 0.342. The van der Waals surface area contributed by atoms with Gasteiger partial charge in [-0.3, -0.25) is 4.90 Å². The lowest BCUT2D eigenvalue weighted by atomic mass is 10.2. The Morgan fingerprint density at radius 2 is 2.38 bits per heavy atom. The fraction of sp³-hybridized carbons (Fsp3) is 0.818. The van der Waals surface area contributed by atoms with E-state index in [1.807, 2.05) is 7.05 Å². The highest BCUT2D eigenvalue weighted by atomic mass is 16.5. The Hall–Kier alpha value is -0.940. The van der Waals surface area contributed by atoms with Gasteiger partial charge in [0, 0.05) is 6.04 Å². The lowest BCUT2D eigenvalue weighted by Gasteiger charge is -2.25. The third-order valence-corrected chi connectivity index (χ3v) is 3.07. The smallest absolute Gasteiger partial charge is 0.240 e. The number of hydrogen-bond acceptors (Lipinski definition) is 5. The molecule has 5 heteroatoms. The van der Waals surface area contributed by atoms with E-state index in [4.69, 9.17) is 4.52 Å². The molecule has 1 saturated heterocycles. The maximum absolute atomic E-state index is 5.20. The molecule has 16 heavy (non-hydrogen) atoms. The molecule has 1 atom stereocenters. The minimum Gasteiger partial charge on any atom is -0.338 e. The summed E-state index contributed by atoms with van der Waals surface area (Å²) in [7, 11) is 1.87. The highest BCUT2D eigenvalue weighted by Gasteiger charge is 2.31. The predicted molar refractivity (Wildman–Crippen MR) is 60.9 cm³/mol. The second-order valence-electron chi connectivity index (χ2n) is 4.57. The quantitative estimate of drug-likeness (QED) is 0.836. The Bertz CT molecular complexity index is 336. The number of rotatable bonds is 4. The van der Waals surface area contributed by atoms with E-state index in [-0.39, 0.29) is 0 Å². The van der Waals surface area contributed by atoms with Crippen LogP contribution in [0.25, 0.3) is 0 Å². The number of hydrogen-bond donors (Lipinski definition) is 1. The fourth-order valence-corrected chi connectivity index (χ4v) is 2.31. The lowest BCUT2D eigenvalue weighted by molar-refractivity contribution is 0.195. The molecule has 0 bridgehead atoms. The van der Waals surface area contributed by atoms with Crippen molar-refractivity contribution in [3.05, 3.63) is 11.7 Å². The van der Waals surface area contributed by atoms with Gasteiger partial charge >= 0.3 is 0 Å². The van der Waals surface area contributed by atoms with Crippen LogP contribution in [0.3, 0.4) is 0 Å². The first-order valence-corrected chi connectivity index (χ1v) is 5.95. The van der Waals surface area contributed by atoms with Crippen LogP contribution in [0.2, 0.25) is 0 Å². The molecule has 1 aromatic rings. The van der Waals surface area contributed by atoms with Crippen LogP contribution < -0.4 is 5.32 Å². The number of nitrogens with zero attached hydrogens (tertiary/aromatic N) is 3. The highest BCUT2D eigenvalue weighted by molar-refractivity contribution is 4.98. The van der Waals surface area contributed by atoms with E-state index >= 15 is 0 Å². The van der Waals surface area contributed by atoms with Crippen LogP contribution in [0.15, 0.2) is 4.52 Å². The average molecular weight is 224 g/mol. The Morgan fingerprint density at radius 3 is 3.06 bits per heavy atom. The number of likely N-dealkylation sites (tertiary alicyclic amines) is 1. The third kappa shape index (κ3) is 2.25. The standard InChI is InChI=1S/C11H20N4O/c1-8(2)15-6-4-5-9(15)11-13-10(7-12-3)16-14-11/h8-9,12H,4-7H2,1-3H3. The molecule has 1 unspecified atom stereocenters. The van der Waals surface area contributed by atoms with E-state index in [2.05, 4.69) is 34.2 Å². The van der Waals surface area contributed by atoms with Crippen molar-refractivity contribution in [3.63, 3.8) is 0 Å². The second kappa shape index (κ2) is 4.93. The van der Waals surface area contributed by atoms with Crippen molar-refractivity contribution >= 4 is 0 Å². The van der Waals surface area contributed by atoms with E-state index in [1.54, 1.807) is 0 Å². The third-order valence-electron chi connectivity index (χ3n) is 3.07. The molecule has 1 aromatic heterocycles. The number of nitrogens with one attached hydrogen (secondary N) is 1. The summed E-state index contributed by atoms with van der Waals surface area (Å²) in [6.45, 7) is 6.21. The van der Waals surface area contributed by atoms with E-state index in [9.17, 15) is 0 Å². The van der Waals surface area contributed by atoms with Gasteiger partial charge < -0.3 is 9.84 Å². The Morgan fingerprint density at radius 1 is 1.56 bits per heavy atom. The van der Waals surface area contributed by atoms with Crippen molar-refractivity contribution in [2.75, 3.05) is 13.6 Å². The zero-order chi connectivity index (χ0) is 11.5. The van der Waals surface area contributed by atoms with E-state index in [0.29, 0.717) is 24.5 Å². The van der Waals surface area contributed by atoms with E-state index in [1.165, 1.54) is 6.42 Å². The summed E-state index contributed by atoms with van der Waals surface area (Å²) >= 11 is 0. The van der Waals surface area contributed by atoms with Crippen molar-refractivity contribution in [1.82, 2.24) is 20.4 Å². The molecule has 1 aliphatic rings. The van der Waals surface area contributed by atoms with Gasteiger partial charge in [0.1, 0.15) is 0 Å². The van der Waals surface area contributed by atoms with Gasteiger partial charge in [-0.2, -0.15) is 4.98 Å². The summed E-state index contributed by atoms with van der Waals surface area (Å²) in [6.07, 6.45) is 2.36. The molecular formula is C11H20N4O. The van der Waals surface area contributed by atoms with Crippen molar-refractivity contribution < 1.29 is 4.52 Å². The predicted octanol–water partition coefficient (Wildman–Crippen LogP) is 1.33. The van der Waals surface area contributed by atoms with E-state index in [0.717, 1.165) is 18.8 Å². The Kier molecular flexibility index (Phi) is 3.56. The van der Waals surface area contributed by atoms with Gasteiger partial charge in [0.25, 0.3) is 0 Å². The van der Waals surface area contributed by atoms with Gasteiger partial charge in [-0.1, -0.05) is 5.16 Å². The van der Waals surface area contributed by atoms with Crippen molar-refractivity contribution in [1.29, 1.82) is 0 Å². The zero-order valence-corrected chi connectivity index (χ0v) is 10.2. The normalized spacial score (nSPS) is 22.1.